The van der Waals surface area contributed by atoms with Gasteiger partial charge >= 0.3 is 0 Å². The van der Waals surface area contributed by atoms with Crippen LogP contribution in [0.1, 0.15) is 46.0 Å². The van der Waals surface area contributed by atoms with E-state index in [0.717, 1.165) is 45.2 Å². The van der Waals surface area contributed by atoms with Crippen LogP contribution < -0.4 is 5.73 Å². The summed E-state index contributed by atoms with van der Waals surface area (Å²) in [4.78, 5) is 13.8. The quantitative estimate of drug-likeness (QED) is 0.772. The normalized spacial score (nSPS) is 26.3. The van der Waals surface area contributed by atoms with Crippen LogP contribution in [-0.2, 0) is 4.79 Å². The Hall–Kier alpha value is -0.570. The van der Waals surface area contributed by atoms with Gasteiger partial charge in [-0.2, -0.15) is 0 Å². The van der Waals surface area contributed by atoms with E-state index in [0.29, 0.717) is 17.9 Å². The van der Waals surface area contributed by atoms with Gasteiger partial charge in [-0.25, -0.2) is 0 Å². The lowest BCUT2D eigenvalue weighted by Gasteiger charge is -2.27. The minimum Gasteiger partial charge on any atom is -0.343 e. The highest BCUT2D eigenvalue weighted by Crippen LogP contribution is 2.26. The van der Waals surface area contributed by atoms with Gasteiger partial charge in [0.2, 0.25) is 5.91 Å². The molecule has 1 aliphatic carbocycles. The van der Waals surface area contributed by atoms with E-state index in [1.54, 1.807) is 0 Å². The number of nitrogens with zero attached hydrogens (tertiary/aromatic N) is 1. The Morgan fingerprint density at radius 1 is 1.20 bits per heavy atom. The molecule has 0 unspecified atom stereocenters. The molecule has 0 aliphatic heterocycles. The summed E-state index contributed by atoms with van der Waals surface area (Å²) in [5.74, 6) is 0.901. The Bertz CT molecular complexity index is 194. The Morgan fingerprint density at radius 2 is 1.73 bits per heavy atom. The summed E-state index contributed by atoms with van der Waals surface area (Å²) in [6.07, 6.45) is 5.18. The van der Waals surface area contributed by atoms with E-state index in [9.17, 15) is 4.79 Å². The van der Waals surface area contributed by atoms with Crippen LogP contribution in [0.3, 0.4) is 0 Å². The number of hydrogen-bond acceptors (Lipinski definition) is 2. The fourth-order valence-electron chi connectivity index (χ4n) is 2.34. The lowest BCUT2D eigenvalue weighted by atomic mass is 9.84. The maximum atomic E-state index is 11.8. The summed E-state index contributed by atoms with van der Waals surface area (Å²) >= 11 is 0. The van der Waals surface area contributed by atoms with Crippen molar-refractivity contribution in [1.82, 2.24) is 4.90 Å². The Kier molecular flexibility index (Phi) is 5.09. The van der Waals surface area contributed by atoms with Crippen LogP contribution in [0.5, 0.6) is 0 Å². The van der Waals surface area contributed by atoms with Crippen molar-refractivity contribution >= 4 is 5.91 Å². The van der Waals surface area contributed by atoms with Gasteiger partial charge in [0.25, 0.3) is 0 Å². The molecule has 0 heterocycles. The first-order valence-corrected chi connectivity index (χ1v) is 6.20. The molecule has 1 fully saturated rings. The third kappa shape index (κ3) is 3.82. The molecule has 0 bridgehead atoms. The molecule has 0 radical (unpaired) electrons. The highest BCUT2D eigenvalue weighted by atomic mass is 16.2. The second-order valence-corrected chi connectivity index (χ2v) is 4.55. The predicted octanol–water partition coefficient (Wildman–Crippen LogP) is 1.76. The van der Waals surface area contributed by atoms with E-state index in [4.69, 9.17) is 5.73 Å². The first-order chi connectivity index (χ1) is 7.17. The molecule has 0 aromatic heterocycles. The SMILES string of the molecule is CCN(CC)C(=O)CC1CCC(N)CC1. The van der Waals surface area contributed by atoms with Gasteiger partial charge < -0.3 is 10.6 Å². The zero-order valence-electron chi connectivity index (χ0n) is 10.0. The molecule has 1 saturated carbocycles. The summed E-state index contributed by atoms with van der Waals surface area (Å²) in [6.45, 7) is 5.75. The smallest absolute Gasteiger partial charge is 0.222 e. The molecule has 1 rings (SSSR count). The molecule has 3 nitrogen and oxygen atoms in total. The number of nitrogens with two attached hydrogens (primary N) is 1. The highest BCUT2D eigenvalue weighted by Gasteiger charge is 2.22. The van der Waals surface area contributed by atoms with Crippen molar-refractivity contribution < 1.29 is 4.79 Å². The average Bonchev–Trinajstić information content (AvgIpc) is 2.23. The minimum atomic E-state index is 0.320. The molecule has 15 heavy (non-hydrogen) atoms. The number of carbonyl (C=O) groups is 1. The maximum Gasteiger partial charge on any atom is 0.222 e. The van der Waals surface area contributed by atoms with Crippen molar-refractivity contribution in [2.75, 3.05) is 13.1 Å². The van der Waals surface area contributed by atoms with Crippen molar-refractivity contribution in [2.24, 2.45) is 11.7 Å². The summed E-state index contributed by atoms with van der Waals surface area (Å²) in [6, 6.07) is 0.379. The van der Waals surface area contributed by atoms with Crippen LogP contribution in [0.4, 0.5) is 0 Å². The van der Waals surface area contributed by atoms with Gasteiger partial charge in [-0.3, -0.25) is 4.79 Å². The predicted molar refractivity (Wildman–Crippen MR) is 62.5 cm³/mol. The van der Waals surface area contributed by atoms with Gasteiger partial charge in [0.05, 0.1) is 0 Å². The topological polar surface area (TPSA) is 46.3 Å². The first-order valence-electron chi connectivity index (χ1n) is 6.20. The summed E-state index contributed by atoms with van der Waals surface area (Å²) in [5.41, 5.74) is 5.84. The highest BCUT2D eigenvalue weighted by molar-refractivity contribution is 5.76. The molecule has 0 aromatic rings. The van der Waals surface area contributed by atoms with Crippen molar-refractivity contribution in [3.8, 4) is 0 Å². The first kappa shape index (κ1) is 12.5. The molecule has 2 N–H and O–H groups in total. The van der Waals surface area contributed by atoms with E-state index in [-0.39, 0.29) is 0 Å². The van der Waals surface area contributed by atoms with E-state index in [1.807, 2.05) is 18.7 Å². The van der Waals surface area contributed by atoms with Crippen LogP contribution in [0.15, 0.2) is 0 Å². The van der Waals surface area contributed by atoms with E-state index < -0.39 is 0 Å². The van der Waals surface area contributed by atoms with Crippen LogP contribution in [-0.4, -0.2) is 29.9 Å². The molecular formula is C12H24N2O. The number of carbonyl (C=O) groups excluding carboxylic acids is 1. The zero-order chi connectivity index (χ0) is 11.3. The van der Waals surface area contributed by atoms with Gasteiger partial charge in [0.15, 0.2) is 0 Å². The van der Waals surface area contributed by atoms with Gasteiger partial charge in [0, 0.05) is 25.6 Å². The number of rotatable bonds is 4. The monoisotopic (exact) mass is 212 g/mol. The fourth-order valence-corrected chi connectivity index (χ4v) is 2.34. The average molecular weight is 212 g/mol. The molecular weight excluding hydrogens is 188 g/mol. The van der Waals surface area contributed by atoms with Crippen LogP contribution in [0.2, 0.25) is 0 Å². The molecule has 1 amide bonds. The lowest BCUT2D eigenvalue weighted by molar-refractivity contribution is -0.132. The molecule has 0 aromatic carbocycles. The van der Waals surface area contributed by atoms with Crippen LogP contribution >= 0.6 is 0 Å². The second-order valence-electron chi connectivity index (χ2n) is 4.55. The maximum absolute atomic E-state index is 11.8. The van der Waals surface area contributed by atoms with Crippen molar-refractivity contribution in [3.63, 3.8) is 0 Å². The van der Waals surface area contributed by atoms with Gasteiger partial charge in [0.1, 0.15) is 0 Å². The van der Waals surface area contributed by atoms with E-state index in [2.05, 4.69) is 0 Å². The number of hydrogen-bond donors (Lipinski definition) is 1. The Labute approximate surface area is 93.0 Å². The molecule has 0 spiro atoms. The van der Waals surface area contributed by atoms with Crippen molar-refractivity contribution in [3.05, 3.63) is 0 Å². The summed E-state index contributed by atoms with van der Waals surface area (Å²) < 4.78 is 0. The number of amides is 1. The van der Waals surface area contributed by atoms with Crippen LogP contribution in [0.25, 0.3) is 0 Å². The van der Waals surface area contributed by atoms with Crippen molar-refractivity contribution in [1.29, 1.82) is 0 Å². The largest absolute Gasteiger partial charge is 0.343 e. The molecule has 0 atom stereocenters. The Morgan fingerprint density at radius 3 is 2.20 bits per heavy atom. The van der Waals surface area contributed by atoms with Crippen molar-refractivity contribution in [2.45, 2.75) is 52.0 Å². The fraction of sp³-hybridized carbons (Fsp3) is 0.917. The minimum absolute atomic E-state index is 0.320. The van der Waals surface area contributed by atoms with Crippen LogP contribution in [0, 0.1) is 5.92 Å². The standard InChI is InChI=1S/C12H24N2O/c1-3-14(4-2)12(15)9-10-5-7-11(13)8-6-10/h10-11H,3-9,13H2,1-2H3. The lowest BCUT2D eigenvalue weighted by Crippen LogP contribution is -2.34. The third-order valence-corrected chi connectivity index (χ3v) is 3.47. The molecule has 1 aliphatic rings. The van der Waals surface area contributed by atoms with E-state index in [1.165, 1.54) is 0 Å². The Balaban J connectivity index is 2.31. The zero-order valence-corrected chi connectivity index (χ0v) is 10.0. The third-order valence-electron chi connectivity index (χ3n) is 3.47. The molecule has 88 valence electrons. The molecule has 3 heteroatoms. The molecule has 0 saturated heterocycles. The van der Waals surface area contributed by atoms with E-state index >= 15 is 0 Å². The van der Waals surface area contributed by atoms with Gasteiger partial charge in [-0.15, -0.1) is 0 Å². The van der Waals surface area contributed by atoms with Gasteiger partial charge in [-0.05, 0) is 45.4 Å². The summed E-state index contributed by atoms with van der Waals surface area (Å²) in [7, 11) is 0. The summed E-state index contributed by atoms with van der Waals surface area (Å²) in [5, 5.41) is 0. The second kappa shape index (κ2) is 6.11. The van der Waals surface area contributed by atoms with Gasteiger partial charge in [-0.1, -0.05) is 0 Å².